The lowest BCUT2D eigenvalue weighted by Crippen LogP contribution is -2.26. The summed E-state index contributed by atoms with van der Waals surface area (Å²) >= 11 is 11.5. The predicted octanol–water partition coefficient (Wildman–Crippen LogP) is 8.83. The molecule has 0 amide bonds. The number of pyridine rings is 1. The third-order valence-corrected chi connectivity index (χ3v) is 7.64. The van der Waals surface area contributed by atoms with E-state index in [1.807, 2.05) is 6.20 Å². The van der Waals surface area contributed by atoms with Gasteiger partial charge in [0, 0.05) is 17.5 Å². The molecule has 1 aliphatic rings. The molecule has 0 bridgehead atoms. The van der Waals surface area contributed by atoms with E-state index in [4.69, 9.17) is 23.2 Å². The number of ketones is 1. The molecular formula is C32H29Cl2NO. The number of Topliss-reactive ketones (excluding diaryl/α,β-unsaturated/α-hetero) is 1. The molecule has 0 saturated carbocycles. The van der Waals surface area contributed by atoms with Gasteiger partial charge in [-0.05, 0) is 69.3 Å². The minimum atomic E-state index is -0.911. The molecule has 1 aromatic heterocycles. The lowest BCUT2D eigenvalue weighted by atomic mass is 9.79. The summed E-state index contributed by atoms with van der Waals surface area (Å²) < 4.78 is 0. The van der Waals surface area contributed by atoms with Gasteiger partial charge in [-0.25, -0.2) is 0 Å². The first-order valence-corrected chi connectivity index (χ1v) is 13.4. The molecule has 2 nitrogen and oxygen atoms in total. The zero-order chi connectivity index (χ0) is 25.2. The number of aromatic nitrogens is 1. The number of hydrogen-bond acceptors (Lipinski definition) is 2. The van der Waals surface area contributed by atoms with E-state index < -0.39 is 4.84 Å². The van der Waals surface area contributed by atoms with Crippen molar-refractivity contribution >= 4 is 61.3 Å². The van der Waals surface area contributed by atoms with E-state index in [2.05, 4.69) is 97.7 Å². The van der Waals surface area contributed by atoms with E-state index in [0.29, 0.717) is 5.92 Å². The fourth-order valence-corrected chi connectivity index (χ4v) is 5.75. The van der Waals surface area contributed by atoms with Gasteiger partial charge in [0.1, 0.15) is 0 Å². The predicted molar refractivity (Wildman–Crippen MR) is 153 cm³/mol. The van der Waals surface area contributed by atoms with Crippen LogP contribution >= 0.6 is 23.2 Å². The molecule has 4 aromatic carbocycles. The summed E-state index contributed by atoms with van der Waals surface area (Å²) in [4.78, 5) is 15.6. The van der Waals surface area contributed by atoms with Crippen molar-refractivity contribution in [1.82, 2.24) is 4.98 Å². The van der Waals surface area contributed by atoms with Gasteiger partial charge in [-0.2, -0.15) is 0 Å². The van der Waals surface area contributed by atoms with Crippen LogP contribution in [-0.4, -0.2) is 15.6 Å². The Morgan fingerprint density at radius 3 is 2.19 bits per heavy atom. The molecule has 5 aromatic rings. The molecule has 0 aliphatic heterocycles. The van der Waals surface area contributed by atoms with Crippen molar-refractivity contribution in [2.24, 2.45) is 5.92 Å². The second kappa shape index (κ2) is 10.6. The fraction of sp³-hybridized carbons (Fsp3) is 0.250. The minimum absolute atomic E-state index is 0.0439. The summed E-state index contributed by atoms with van der Waals surface area (Å²) in [6.07, 6.45) is 4.36. The average molecular weight is 514 g/mol. The molecular weight excluding hydrogens is 485 g/mol. The third kappa shape index (κ3) is 4.85. The van der Waals surface area contributed by atoms with Crippen LogP contribution in [0.4, 0.5) is 0 Å². The number of hydrogen-bond donors (Lipinski definition) is 0. The number of benzene rings is 4. The highest BCUT2D eigenvalue weighted by molar-refractivity contribution is 6.53. The monoisotopic (exact) mass is 513 g/mol. The molecule has 6 rings (SSSR count). The van der Waals surface area contributed by atoms with Crippen LogP contribution in [0.2, 0.25) is 0 Å². The molecule has 0 radical (unpaired) electrons. The SMILES string of the molecule is CC(C)c1nccc2ccccc12.O=C(C(Cl)Cl)C1CCc2c(ccc3c2ccc2ccccc23)C1. The van der Waals surface area contributed by atoms with Crippen LogP contribution < -0.4 is 0 Å². The lowest BCUT2D eigenvalue weighted by molar-refractivity contribution is -0.121. The van der Waals surface area contributed by atoms with E-state index in [0.717, 1.165) is 19.3 Å². The van der Waals surface area contributed by atoms with Gasteiger partial charge in [0.2, 0.25) is 0 Å². The van der Waals surface area contributed by atoms with Crippen molar-refractivity contribution in [3.8, 4) is 0 Å². The van der Waals surface area contributed by atoms with Crippen LogP contribution in [0.15, 0.2) is 85.1 Å². The van der Waals surface area contributed by atoms with Crippen molar-refractivity contribution in [3.05, 3.63) is 102 Å². The van der Waals surface area contributed by atoms with Crippen LogP contribution in [-0.2, 0) is 17.6 Å². The second-order valence-corrected chi connectivity index (χ2v) is 10.9. The quantitative estimate of drug-likeness (QED) is 0.178. The highest BCUT2D eigenvalue weighted by Gasteiger charge is 2.28. The Hall–Kier alpha value is -2.94. The van der Waals surface area contributed by atoms with Gasteiger partial charge in [0.25, 0.3) is 0 Å². The topological polar surface area (TPSA) is 30.0 Å². The molecule has 0 saturated heterocycles. The Morgan fingerprint density at radius 2 is 1.47 bits per heavy atom. The molecule has 0 spiro atoms. The molecule has 1 heterocycles. The maximum atomic E-state index is 12.1. The summed E-state index contributed by atoms with van der Waals surface area (Å²) in [5.74, 6) is 0.393. The molecule has 4 heteroatoms. The third-order valence-electron chi connectivity index (χ3n) is 7.21. The smallest absolute Gasteiger partial charge is 0.169 e. The Balaban J connectivity index is 0.000000174. The van der Waals surface area contributed by atoms with Gasteiger partial charge < -0.3 is 0 Å². The first-order chi connectivity index (χ1) is 17.4. The second-order valence-electron chi connectivity index (χ2n) is 9.80. The van der Waals surface area contributed by atoms with Gasteiger partial charge in [0.15, 0.2) is 10.6 Å². The number of carbonyl (C=O) groups excluding carboxylic acids is 1. The standard InChI is InChI=1S/C20H16Cl2O.C12H13N/c21-20(22)19(23)14-7-8-16-13(11-14)6-10-17-15-4-2-1-3-12(15)5-9-18(16)17;1-9(2)12-11-6-4-3-5-10(11)7-8-13-12/h1-6,9-10,14,20H,7-8,11H2;3-9H,1-2H3. The van der Waals surface area contributed by atoms with Crippen molar-refractivity contribution in [3.63, 3.8) is 0 Å². The van der Waals surface area contributed by atoms with Crippen LogP contribution in [0.3, 0.4) is 0 Å². The Bertz CT molecular complexity index is 1550. The molecule has 182 valence electrons. The van der Waals surface area contributed by atoms with Crippen molar-refractivity contribution in [2.75, 3.05) is 0 Å². The zero-order valence-electron chi connectivity index (χ0n) is 20.5. The number of rotatable bonds is 3. The van der Waals surface area contributed by atoms with Crippen molar-refractivity contribution in [1.29, 1.82) is 0 Å². The summed E-state index contributed by atoms with van der Waals surface area (Å²) in [5.41, 5.74) is 3.82. The van der Waals surface area contributed by atoms with E-state index in [9.17, 15) is 4.79 Å². The van der Waals surface area contributed by atoms with Gasteiger partial charge in [-0.1, -0.05) is 110 Å². The molecule has 36 heavy (non-hydrogen) atoms. The highest BCUT2D eigenvalue weighted by Crippen LogP contribution is 2.35. The first-order valence-electron chi connectivity index (χ1n) is 12.5. The number of alkyl halides is 2. The van der Waals surface area contributed by atoms with E-state index in [1.165, 1.54) is 49.1 Å². The minimum Gasteiger partial charge on any atom is -0.296 e. The van der Waals surface area contributed by atoms with Gasteiger partial charge in [-0.15, -0.1) is 0 Å². The van der Waals surface area contributed by atoms with E-state index in [-0.39, 0.29) is 11.7 Å². The largest absolute Gasteiger partial charge is 0.296 e. The molecule has 0 N–H and O–H groups in total. The normalized spacial score (nSPS) is 15.2. The molecule has 1 atom stereocenters. The number of halogens is 2. The Labute approximate surface area is 222 Å². The van der Waals surface area contributed by atoms with Crippen LogP contribution in [0.1, 0.15) is 43.0 Å². The summed E-state index contributed by atoms with van der Waals surface area (Å²) in [7, 11) is 0. The highest BCUT2D eigenvalue weighted by atomic mass is 35.5. The zero-order valence-corrected chi connectivity index (χ0v) is 22.1. The van der Waals surface area contributed by atoms with E-state index >= 15 is 0 Å². The van der Waals surface area contributed by atoms with Crippen molar-refractivity contribution < 1.29 is 4.79 Å². The number of fused-ring (bicyclic) bond motifs is 6. The maximum absolute atomic E-state index is 12.1. The maximum Gasteiger partial charge on any atom is 0.169 e. The molecule has 1 aliphatic carbocycles. The lowest BCUT2D eigenvalue weighted by Gasteiger charge is -2.25. The molecule has 0 fully saturated rings. The van der Waals surface area contributed by atoms with Gasteiger partial charge in [-0.3, -0.25) is 9.78 Å². The fourth-order valence-electron chi connectivity index (χ4n) is 5.39. The van der Waals surface area contributed by atoms with Crippen molar-refractivity contribution in [2.45, 2.75) is 43.9 Å². The van der Waals surface area contributed by atoms with E-state index in [1.54, 1.807) is 0 Å². The van der Waals surface area contributed by atoms with Crippen LogP contribution in [0.25, 0.3) is 32.3 Å². The van der Waals surface area contributed by atoms with Crippen LogP contribution in [0.5, 0.6) is 0 Å². The van der Waals surface area contributed by atoms with Gasteiger partial charge in [0.05, 0.1) is 5.69 Å². The number of aryl methyl sites for hydroxylation is 1. The van der Waals surface area contributed by atoms with Crippen LogP contribution in [0, 0.1) is 5.92 Å². The number of nitrogens with zero attached hydrogens (tertiary/aromatic N) is 1. The summed E-state index contributed by atoms with van der Waals surface area (Å²) in [6, 6.07) is 27.7. The van der Waals surface area contributed by atoms with Gasteiger partial charge >= 0.3 is 0 Å². The first kappa shape index (κ1) is 24.7. The Kier molecular flexibility index (Phi) is 7.27. The summed E-state index contributed by atoms with van der Waals surface area (Å²) in [5, 5.41) is 7.70. The Morgan fingerprint density at radius 1 is 0.806 bits per heavy atom. The summed E-state index contributed by atoms with van der Waals surface area (Å²) in [6.45, 7) is 4.35. The average Bonchev–Trinajstić information content (AvgIpc) is 2.91. The number of carbonyl (C=O) groups is 1. The molecule has 1 unspecified atom stereocenters.